The lowest BCUT2D eigenvalue weighted by Crippen LogP contribution is -2.60. The van der Waals surface area contributed by atoms with Gasteiger partial charge in [-0.2, -0.15) is 0 Å². The van der Waals surface area contributed by atoms with Crippen LogP contribution in [0.4, 0.5) is 34.1 Å². The lowest BCUT2D eigenvalue weighted by Gasteiger charge is -2.41. The number of fused-ring (bicyclic) bond motifs is 12. The van der Waals surface area contributed by atoms with E-state index < -0.39 is 0 Å². The van der Waals surface area contributed by atoms with Crippen LogP contribution >= 0.6 is 0 Å². The molecule has 0 atom stereocenters. The number of benzene rings is 8. The molecule has 0 aliphatic carbocycles. The summed E-state index contributed by atoms with van der Waals surface area (Å²) in [7, 11) is 0. The van der Waals surface area contributed by atoms with Crippen LogP contribution in [-0.2, 0) is 10.8 Å². The fourth-order valence-corrected chi connectivity index (χ4v) is 11.0. The van der Waals surface area contributed by atoms with Crippen molar-refractivity contribution in [2.24, 2.45) is 0 Å². The smallest absolute Gasteiger partial charge is 0.252 e. The maximum absolute atomic E-state index is 6.90. The number of para-hydroxylation sites is 4. The normalized spacial score (nSPS) is 13.4. The van der Waals surface area contributed by atoms with Gasteiger partial charge < -0.3 is 18.6 Å². The molecule has 0 radical (unpaired) electrons. The first-order valence-electron chi connectivity index (χ1n) is 22.9. The number of hydrogen-bond donors (Lipinski definition) is 0. The van der Waals surface area contributed by atoms with E-state index in [1.807, 2.05) is 0 Å². The lowest BCUT2D eigenvalue weighted by atomic mass is 9.33. The van der Waals surface area contributed by atoms with Crippen molar-refractivity contribution < 1.29 is 8.83 Å². The summed E-state index contributed by atoms with van der Waals surface area (Å²) in [6.07, 6.45) is 0. The molecule has 5 nitrogen and oxygen atoms in total. The van der Waals surface area contributed by atoms with Gasteiger partial charge in [-0.05, 0) is 118 Å². The largest absolute Gasteiger partial charge is 0.454 e. The van der Waals surface area contributed by atoms with Gasteiger partial charge in [0.15, 0.2) is 5.58 Å². The Morgan fingerprint density at radius 3 is 1.75 bits per heavy atom. The molecule has 0 N–H and O–H groups in total. The first-order valence-corrected chi connectivity index (χ1v) is 22.9. The fraction of sp³-hybridized carbons (Fsp3) is 0.153. The van der Waals surface area contributed by atoms with Gasteiger partial charge in [0.1, 0.15) is 11.2 Å². The van der Waals surface area contributed by atoms with Crippen molar-refractivity contribution in [1.82, 2.24) is 4.57 Å². The fourth-order valence-electron chi connectivity index (χ4n) is 11.0. The van der Waals surface area contributed by atoms with E-state index in [1.165, 1.54) is 44.0 Å². The molecular weight excluding hydrogens is 793 g/mol. The molecule has 2 aliphatic heterocycles. The first-order chi connectivity index (χ1) is 31.4. The van der Waals surface area contributed by atoms with Crippen LogP contribution in [0, 0.1) is 6.92 Å². The van der Waals surface area contributed by atoms with Crippen molar-refractivity contribution in [2.75, 3.05) is 9.80 Å². The number of furan rings is 2. The number of hydrogen-bond acceptors (Lipinski definition) is 4. The van der Waals surface area contributed by atoms with Gasteiger partial charge in [-0.3, -0.25) is 4.57 Å². The standard InChI is InChI=1S/C59H48BN3O2/c1-35-32-49-54-50(33-35)63-55-44(53-43-15-9-11-21-52(43)65-57(53)63)17-12-18-46(55)60(54)45-31-30-40(34-48(45)62(49)47-19-13-16-42-41-14-8-10-20-51(41)64-56(42)47)61(38-26-22-36(23-27-38)58(2,3)4)39-28-24-37(25-29-39)59(5,6)7/h8-34H,1-7H3. The Kier molecular flexibility index (Phi) is 7.79. The Hall–Kier alpha value is -7.44. The molecule has 314 valence electrons. The molecule has 0 saturated heterocycles. The Labute approximate surface area is 379 Å². The summed E-state index contributed by atoms with van der Waals surface area (Å²) in [4.78, 5) is 4.91. The summed E-state index contributed by atoms with van der Waals surface area (Å²) in [5, 5.41) is 5.73. The lowest BCUT2D eigenvalue weighted by molar-refractivity contribution is 0.590. The van der Waals surface area contributed by atoms with E-state index in [2.05, 4.69) is 227 Å². The van der Waals surface area contributed by atoms with E-state index in [9.17, 15) is 0 Å². The van der Waals surface area contributed by atoms with Crippen LogP contribution < -0.4 is 26.2 Å². The molecule has 3 aromatic heterocycles. The number of nitrogens with zero attached hydrogens (tertiary/aromatic N) is 3. The molecule has 0 spiro atoms. The molecule has 8 aromatic carbocycles. The molecule has 0 bridgehead atoms. The van der Waals surface area contributed by atoms with Crippen LogP contribution in [-0.4, -0.2) is 11.3 Å². The van der Waals surface area contributed by atoms with Crippen LogP contribution in [0.1, 0.15) is 58.2 Å². The van der Waals surface area contributed by atoms with Crippen molar-refractivity contribution in [2.45, 2.75) is 59.3 Å². The summed E-state index contributed by atoms with van der Waals surface area (Å²) >= 11 is 0. The summed E-state index contributed by atoms with van der Waals surface area (Å²) in [5.41, 5.74) is 20.1. The molecule has 11 aromatic rings. The second-order valence-corrected chi connectivity index (χ2v) is 20.3. The predicted molar refractivity (Wildman–Crippen MR) is 274 cm³/mol. The van der Waals surface area contributed by atoms with E-state index in [0.29, 0.717) is 0 Å². The van der Waals surface area contributed by atoms with Crippen molar-refractivity contribution in [3.05, 3.63) is 180 Å². The highest BCUT2D eigenvalue weighted by molar-refractivity contribution is 7.00. The van der Waals surface area contributed by atoms with E-state index in [4.69, 9.17) is 8.83 Å². The molecule has 2 aliphatic rings. The van der Waals surface area contributed by atoms with Crippen LogP contribution in [0.15, 0.2) is 173 Å². The van der Waals surface area contributed by atoms with Crippen molar-refractivity contribution >= 4 is 112 Å². The van der Waals surface area contributed by atoms with E-state index in [0.717, 1.165) is 83.8 Å². The van der Waals surface area contributed by atoms with E-state index >= 15 is 0 Å². The van der Waals surface area contributed by atoms with Gasteiger partial charge in [-0.25, -0.2) is 0 Å². The minimum absolute atomic E-state index is 0.0322. The van der Waals surface area contributed by atoms with Gasteiger partial charge in [0, 0.05) is 55.7 Å². The Morgan fingerprint density at radius 1 is 0.477 bits per heavy atom. The van der Waals surface area contributed by atoms with Crippen molar-refractivity contribution in [3.8, 4) is 5.69 Å². The Balaban J connectivity index is 1.12. The maximum Gasteiger partial charge on any atom is 0.252 e. The first kappa shape index (κ1) is 38.1. The molecule has 0 saturated carbocycles. The monoisotopic (exact) mass is 841 g/mol. The minimum atomic E-state index is -0.0390. The van der Waals surface area contributed by atoms with Crippen LogP contribution in [0.3, 0.4) is 0 Å². The molecule has 0 fully saturated rings. The van der Waals surface area contributed by atoms with Gasteiger partial charge in [0.05, 0.1) is 16.6 Å². The Bertz CT molecular complexity index is 3700. The van der Waals surface area contributed by atoms with Crippen molar-refractivity contribution in [1.29, 1.82) is 0 Å². The second kappa shape index (κ2) is 13.3. The number of anilines is 6. The van der Waals surface area contributed by atoms with Gasteiger partial charge in [0.25, 0.3) is 6.71 Å². The summed E-state index contributed by atoms with van der Waals surface area (Å²) in [6.45, 7) is 15.8. The Morgan fingerprint density at radius 2 is 1.06 bits per heavy atom. The summed E-state index contributed by atoms with van der Waals surface area (Å²) in [5.74, 6) is 0. The second-order valence-electron chi connectivity index (χ2n) is 20.3. The molecule has 0 amide bonds. The topological polar surface area (TPSA) is 37.7 Å². The third-order valence-corrected chi connectivity index (χ3v) is 14.1. The summed E-state index contributed by atoms with van der Waals surface area (Å²) in [6, 6.07) is 60.5. The molecule has 65 heavy (non-hydrogen) atoms. The zero-order chi connectivity index (χ0) is 44.1. The molecule has 5 heterocycles. The van der Waals surface area contributed by atoms with E-state index in [-0.39, 0.29) is 17.5 Å². The number of aromatic nitrogens is 1. The number of rotatable bonds is 4. The van der Waals surface area contributed by atoms with Gasteiger partial charge >= 0.3 is 0 Å². The highest BCUT2D eigenvalue weighted by Gasteiger charge is 2.43. The van der Waals surface area contributed by atoms with Crippen molar-refractivity contribution in [3.63, 3.8) is 0 Å². The quantitative estimate of drug-likeness (QED) is 0.165. The molecular formula is C59H48BN3O2. The zero-order valence-corrected chi connectivity index (χ0v) is 37.8. The highest BCUT2D eigenvalue weighted by Crippen LogP contribution is 2.48. The SMILES string of the molecule is Cc1cc2c3c(c1)-n1c4oc5ccccc5c4c4cccc(c41)B3c1ccc(N(c3ccc(C(C)(C)C)cc3)c3ccc(C(C)(C)C)cc3)cc1N2c1cccc2c1oc1ccccc12. The van der Waals surface area contributed by atoms with Crippen LogP contribution in [0.2, 0.25) is 0 Å². The zero-order valence-electron chi connectivity index (χ0n) is 37.8. The van der Waals surface area contributed by atoms with Crippen LogP contribution in [0.25, 0.3) is 60.6 Å². The molecule has 6 heteroatoms. The van der Waals surface area contributed by atoms with Gasteiger partial charge in [-0.1, -0.05) is 139 Å². The predicted octanol–water partition coefficient (Wildman–Crippen LogP) is 14.4. The van der Waals surface area contributed by atoms with Gasteiger partial charge in [-0.15, -0.1) is 0 Å². The maximum atomic E-state index is 6.90. The minimum Gasteiger partial charge on any atom is -0.454 e. The number of aryl methyl sites for hydroxylation is 1. The van der Waals surface area contributed by atoms with Gasteiger partial charge in [0.2, 0.25) is 5.71 Å². The third-order valence-electron chi connectivity index (χ3n) is 14.1. The van der Waals surface area contributed by atoms with Crippen LogP contribution in [0.5, 0.6) is 0 Å². The van der Waals surface area contributed by atoms with E-state index in [1.54, 1.807) is 0 Å². The average Bonchev–Trinajstić information content (AvgIpc) is 3.97. The summed E-state index contributed by atoms with van der Waals surface area (Å²) < 4.78 is 16.2. The average molecular weight is 842 g/mol. The highest BCUT2D eigenvalue weighted by atomic mass is 16.3. The molecule has 13 rings (SSSR count). The molecule has 0 unspecified atom stereocenters. The third kappa shape index (κ3) is 5.46.